The van der Waals surface area contributed by atoms with Crippen molar-refractivity contribution in [3.8, 4) is 0 Å². The molecule has 2 aromatic rings. The Kier molecular flexibility index (Phi) is 5.16. The normalized spacial score (nSPS) is 14.8. The number of hydrogen-bond donors (Lipinski definition) is 0. The molecule has 1 aromatic carbocycles. The van der Waals surface area contributed by atoms with Crippen molar-refractivity contribution >= 4 is 34.8 Å². The molecule has 0 bridgehead atoms. The van der Waals surface area contributed by atoms with E-state index in [1.54, 1.807) is 28.0 Å². The second-order valence-electron chi connectivity index (χ2n) is 5.54. The number of nitrogens with zero attached hydrogens (tertiary/aromatic N) is 2. The van der Waals surface area contributed by atoms with Crippen molar-refractivity contribution in [2.24, 2.45) is 0 Å². The fraction of sp³-hybridized carbons (Fsp3) is 0.294. The topological polar surface area (TPSA) is 40.6 Å². The van der Waals surface area contributed by atoms with Gasteiger partial charge in [0.05, 0.1) is 16.3 Å². The predicted octanol–water partition coefficient (Wildman–Crippen LogP) is 3.07. The second-order valence-corrected chi connectivity index (χ2v) is 7.34. The first-order valence-corrected chi connectivity index (χ1v) is 8.80. The molecule has 1 aliphatic rings. The van der Waals surface area contributed by atoms with Crippen LogP contribution < -0.4 is 0 Å². The van der Waals surface area contributed by atoms with Gasteiger partial charge in [0.1, 0.15) is 5.82 Å². The standard InChI is InChI=1S/C17H16ClFN2O2S/c18-15-6-5-12(24-15)11-16(22)20-7-9-21(10-8-20)17(23)13-3-1-2-4-14(13)19/h1-6H,7-11H2. The summed E-state index contributed by atoms with van der Waals surface area (Å²) in [6.07, 6.45) is 0.318. The molecule has 0 unspecified atom stereocenters. The average molecular weight is 367 g/mol. The highest BCUT2D eigenvalue weighted by atomic mass is 35.5. The highest BCUT2D eigenvalue weighted by Crippen LogP contribution is 2.22. The molecule has 7 heteroatoms. The van der Waals surface area contributed by atoms with Gasteiger partial charge >= 0.3 is 0 Å². The van der Waals surface area contributed by atoms with Gasteiger partial charge in [-0.15, -0.1) is 11.3 Å². The van der Waals surface area contributed by atoms with Gasteiger partial charge in [0, 0.05) is 31.1 Å². The highest BCUT2D eigenvalue weighted by Gasteiger charge is 2.26. The number of hydrogen-bond acceptors (Lipinski definition) is 3. The summed E-state index contributed by atoms with van der Waals surface area (Å²) in [5, 5.41) is 0. The van der Waals surface area contributed by atoms with Gasteiger partial charge in [0.25, 0.3) is 5.91 Å². The third-order valence-electron chi connectivity index (χ3n) is 3.98. The van der Waals surface area contributed by atoms with Gasteiger partial charge in [0.2, 0.25) is 5.91 Å². The maximum absolute atomic E-state index is 13.7. The number of amides is 2. The molecule has 0 aliphatic carbocycles. The number of benzene rings is 1. The van der Waals surface area contributed by atoms with Crippen LogP contribution in [0.5, 0.6) is 0 Å². The van der Waals surface area contributed by atoms with Crippen molar-refractivity contribution < 1.29 is 14.0 Å². The molecule has 1 fully saturated rings. The number of carbonyl (C=O) groups excluding carboxylic acids is 2. The lowest BCUT2D eigenvalue weighted by Gasteiger charge is -2.34. The molecule has 24 heavy (non-hydrogen) atoms. The van der Waals surface area contributed by atoms with Gasteiger partial charge in [-0.1, -0.05) is 23.7 Å². The van der Waals surface area contributed by atoms with Crippen LogP contribution in [0.3, 0.4) is 0 Å². The summed E-state index contributed by atoms with van der Waals surface area (Å²) in [6, 6.07) is 9.58. The minimum absolute atomic E-state index is 0.0199. The van der Waals surface area contributed by atoms with Crippen molar-refractivity contribution in [2.75, 3.05) is 26.2 Å². The molecular formula is C17H16ClFN2O2S. The SMILES string of the molecule is O=C(Cc1ccc(Cl)s1)N1CCN(C(=O)c2ccccc2F)CC1. The predicted molar refractivity (Wildman–Crippen MR) is 91.9 cm³/mol. The molecule has 4 nitrogen and oxygen atoms in total. The maximum Gasteiger partial charge on any atom is 0.256 e. The molecule has 3 rings (SSSR count). The van der Waals surface area contributed by atoms with Crippen LogP contribution in [0.4, 0.5) is 4.39 Å². The zero-order chi connectivity index (χ0) is 17.1. The number of rotatable bonds is 3. The first kappa shape index (κ1) is 16.9. The molecular weight excluding hydrogens is 351 g/mol. The minimum Gasteiger partial charge on any atom is -0.339 e. The second kappa shape index (κ2) is 7.32. The zero-order valence-electron chi connectivity index (χ0n) is 12.9. The summed E-state index contributed by atoms with van der Waals surface area (Å²) in [5.74, 6) is -0.827. The number of thiophene rings is 1. The first-order chi connectivity index (χ1) is 11.5. The van der Waals surface area contributed by atoms with Crippen molar-refractivity contribution in [3.05, 3.63) is 57.0 Å². The molecule has 0 radical (unpaired) electrons. The van der Waals surface area contributed by atoms with Gasteiger partial charge in [-0.3, -0.25) is 9.59 Å². The lowest BCUT2D eigenvalue weighted by Crippen LogP contribution is -2.51. The van der Waals surface area contributed by atoms with E-state index in [4.69, 9.17) is 11.6 Å². The van der Waals surface area contributed by atoms with Crippen molar-refractivity contribution in [3.63, 3.8) is 0 Å². The molecule has 0 spiro atoms. The number of piperazine rings is 1. The molecule has 126 valence electrons. The molecule has 2 heterocycles. The van der Waals surface area contributed by atoms with E-state index < -0.39 is 5.82 Å². The van der Waals surface area contributed by atoms with E-state index in [0.717, 1.165) is 4.88 Å². The molecule has 1 aliphatic heterocycles. The van der Waals surface area contributed by atoms with Crippen LogP contribution in [0.2, 0.25) is 4.34 Å². The molecule has 2 amide bonds. The molecule has 0 N–H and O–H groups in total. The van der Waals surface area contributed by atoms with Gasteiger partial charge in [0.15, 0.2) is 0 Å². The first-order valence-electron chi connectivity index (χ1n) is 7.60. The van der Waals surface area contributed by atoms with Crippen LogP contribution in [-0.4, -0.2) is 47.8 Å². The Balaban J connectivity index is 1.56. The Morgan fingerprint density at radius 2 is 1.71 bits per heavy atom. The summed E-state index contributed by atoms with van der Waals surface area (Å²) >= 11 is 7.27. The Hall–Kier alpha value is -1.92. The fourth-order valence-corrected chi connectivity index (χ4v) is 3.75. The largest absolute Gasteiger partial charge is 0.339 e. The van der Waals surface area contributed by atoms with E-state index >= 15 is 0 Å². The van der Waals surface area contributed by atoms with Crippen molar-refractivity contribution in [1.29, 1.82) is 0 Å². The summed E-state index contributed by atoms with van der Waals surface area (Å²) in [4.78, 5) is 28.9. The summed E-state index contributed by atoms with van der Waals surface area (Å²) in [6.45, 7) is 1.73. The summed E-state index contributed by atoms with van der Waals surface area (Å²) in [5.41, 5.74) is 0.0745. The lowest BCUT2D eigenvalue weighted by molar-refractivity contribution is -0.131. The monoisotopic (exact) mass is 366 g/mol. The van der Waals surface area contributed by atoms with Crippen molar-refractivity contribution in [1.82, 2.24) is 9.80 Å². The number of halogens is 2. The molecule has 1 saturated heterocycles. The molecule has 0 saturated carbocycles. The van der Waals surface area contributed by atoms with Crippen molar-refractivity contribution in [2.45, 2.75) is 6.42 Å². The zero-order valence-corrected chi connectivity index (χ0v) is 14.4. The van der Waals surface area contributed by atoms with Gasteiger partial charge in [-0.05, 0) is 24.3 Å². The number of carbonyl (C=O) groups is 2. The third kappa shape index (κ3) is 3.76. The van der Waals surface area contributed by atoms with Crippen LogP contribution in [-0.2, 0) is 11.2 Å². The minimum atomic E-state index is -0.518. The van der Waals surface area contributed by atoms with Crippen LogP contribution in [0.25, 0.3) is 0 Å². The van der Waals surface area contributed by atoms with E-state index in [2.05, 4.69) is 0 Å². The van der Waals surface area contributed by atoms with Crippen LogP contribution in [0.15, 0.2) is 36.4 Å². The maximum atomic E-state index is 13.7. The quantitative estimate of drug-likeness (QED) is 0.837. The fourth-order valence-electron chi connectivity index (χ4n) is 2.67. The Morgan fingerprint density at radius 3 is 2.33 bits per heavy atom. The van der Waals surface area contributed by atoms with Crippen LogP contribution >= 0.6 is 22.9 Å². The molecule has 0 atom stereocenters. The molecule has 1 aromatic heterocycles. The average Bonchev–Trinajstić information content (AvgIpc) is 2.99. The van der Waals surface area contributed by atoms with Gasteiger partial charge in [-0.2, -0.15) is 0 Å². The lowest BCUT2D eigenvalue weighted by atomic mass is 10.1. The van der Waals surface area contributed by atoms with Gasteiger partial charge < -0.3 is 9.80 Å². The van der Waals surface area contributed by atoms with Gasteiger partial charge in [-0.25, -0.2) is 4.39 Å². The van der Waals surface area contributed by atoms with Crippen LogP contribution in [0.1, 0.15) is 15.2 Å². The van der Waals surface area contributed by atoms with E-state index in [-0.39, 0.29) is 17.4 Å². The van der Waals surface area contributed by atoms with E-state index in [9.17, 15) is 14.0 Å². The van der Waals surface area contributed by atoms with Crippen LogP contribution in [0, 0.1) is 5.82 Å². The van der Waals surface area contributed by atoms with E-state index in [1.807, 2.05) is 6.07 Å². The summed E-state index contributed by atoms with van der Waals surface area (Å²) in [7, 11) is 0. The Morgan fingerprint density at radius 1 is 1.04 bits per heavy atom. The van der Waals surface area contributed by atoms with E-state index in [1.165, 1.54) is 23.5 Å². The summed E-state index contributed by atoms with van der Waals surface area (Å²) < 4.78 is 14.4. The Bertz CT molecular complexity index is 757. The smallest absolute Gasteiger partial charge is 0.256 e. The Labute approximate surface area is 148 Å². The highest BCUT2D eigenvalue weighted by molar-refractivity contribution is 7.16. The third-order valence-corrected chi connectivity index (χ3v) is 5.21. The van der Waals surface area contributed by atoms with E-state index in [0.29, 0.717) is 36.9 Å².